The summed E-state index contributed by atoms with van der Waals surface area (Å²) in [5.41, 5.74) is 1.44. The Morgan fingerprint density at radius 2 is 1.93 bits per heavy atom. The fraction of sp³-hybridized carbons (Fsp3) is 0.455. The van der Waals surface area contributed by atoms with Gasteiger partial charge >= 0.3 is 0 Å². The van der Waals surface area contributed by atoms with Gasteiger partial charge in [0.15, 0.2) is 0 Å². The Morgan fingerprint density at radius 3 is 2.47 bits per heavy atom. The number of phenols is 1. The molecule has 1 aromatic rings. The molecule has 0 aliphatic heterocycles. The fourth-order valence-corrected chi connectivity index (χ4v) is 0.956. The highest BCUT2D eigenvalue weighted by atomic mass is 16.3. The molecule has 4 nitrogen and oxygen atoms in total. The standard InChI is InChI=1S/C11H16N2O2/c1-7-6-10(4-5-11(7)15)13-12-8(2)9(3)14/h4-6,8-9,14-15H,1-3H3/t8-,9?/m0/s1. The largest absolute Gasteiger partial charge is 0.508 e. The van der Waals surface area contributed by atoms with Crippen LogP contribution >= 0.6 is 0 Å². The minimum atomic E-state index is -0.507. The van der Waals surface area contributed by atoms with Gasteiger partial charge in [-0.2, -0.15) is 10.2 Å². The first-order valence-corrected chi connectivity index (χ1v) is 4.89. The van der Waals surface area contributed by atoms with E-state index in [0.29, 0.717) is 5.69 Å². The Bertz CT molecular complexity index is 362. The third-order valence-electron chi connectivity index (χ3n) is 2.23. The number of benzene rings is 1. The van der Waals surface area contributed by atoms with Crippen molar-refractivity contribution < 1.29 is 10.2 Å². The molecule has 0 bridgehead atoms. The monoisotopic (exact) mass is 208 g/mol. The van der Waals surface area contributed by atoms with Crippen LogP contribution in [-0.4, -0.2) is 22.4 Å². The summed E-state index contributed by atoms with van der Waals surface area (Å²) in [5, 5.41) is 26.4. The quantitative estimate of drug-likeness (QED) is 0.750. The van der Waals surface area contributed by atoms with Gasteiger partial charge in [0, 0.05) is 0 Å². The molecule has 15 heavy (non-hydrogen) atoms. The molecule has 0 aromatic heterocycles. The van der Waals surface area contributed by atoms with E-state index in [1.54, 1.807) is 39.0 Å². The van der Waals surface area contributed by atoms with Crippen molar-refractivity contribution in [2.75, 3.05) is 0 Å². The van der Waals surface area contributed by atoms with E-state index in [2.05, 4.69) is 10.2 Å². The van der Waals surface area contributed by atoms with E-state index in [-0.39, 0.29) is 11.8 Å². The number of hydrogen-bond acceptors (Lipinski definition) is 4. The van der Waals surface area contributed by atoms with Crippen LogP contribution in [0.2, 0.25) is 0 Å². The Labute approximate surface area is 89.3 Å². The molecular formula is C11H16N2O2. The zero-order valence-electron chi connectivity index (χ0n) is 9.18. The van der Waals surface area contributed by atoms with Gasteiger partial charge < -0.3 is 10.2 Å². The number of aryl methyl sites for hydroxylation is 1. The smallest absolute Gasteiger partial charge is 0.118 e. The normalized spacial score (nSPS) is 15.5. The summed E-state index contributed by atoms with van der Waals surface area (Å²) in [6.45, 7) is 5.26. The van der Waals surface area contributed by atoms with Gasteiger partial charge in [0.2, 0.25) is 0 Å². The highest BCUT2D eigenvalue weighted by molar-refractivity contribution is 5.45. The van der Waals surface area contributed by atoms with Gasteiger partial charge in [-0.3, -0.25) is 0 Å². The molecule has 2 N–H and O–H groups in total. The maximum Gasteiger partial charge on any atom is 0.118 e. The number of rotatable bonds is 3. The molecule has 0 radical (unpaired) electrons. The summed E-state index contributed by atoms with van der Waals surface area (Å²) in [5.74, 6) is 0.248. The van der Waals surface area contributed by atoms with Crippen LogP contribution in [0, 0.1) is 6.92 Å². The van der Waals surface area contributed by atoms with E-state index in [1.165, 1.54) is 0 Å². The Kier molecular flexibility index (Phi) is 3.80. The van der Waals surface area contributed by atoms with Crippen molar-refractivity contribution in [1.29, 1.82) is 0 Å². The SMILES string of the molecule is Cc1cc(N=N[C@@H](C)C(C)O)ccc1O. The predicted molar refractivity (Wildman–Crippen MR) is 58.5 cm³/mol. The van der Waals surface area contributed by atoms with Crippen LogP contribution in [0.1, 0.15) is 19.4 Å². The highest BCUT2D eigenvalue weighted by Crippen LogP contribution is 2.22. The van der Waals surface area contributed by atoms with Gasteiger partial charge in [-0.05, 0) is 44.5 Å². The minimum absolute atomic E-state index is 0.223. The Balaban J connectivity index is 2.77. The number of nitrogens with zero attached hydrogens (tertiary/aromatic N) is 2. The van der Waals surface area contributed by atoms with E-state index < -0.39 is 6.10 Å². The minimum Gasteiger partial charge on any atom is -0.508 e. The van der Waals surface area contributed by atoms with Gasteiger partial charge in [-0.1, -0.05) is 0 Å². The lowest BCUT2D eigenvalue weighted by Gasteiger charge is -2.07. The topological polar surface area (TPSA) is 65.2 Å². The van der Waals surface area contributed by atoms with Crippen molar-refractivity contribution in [3.63, 3.8) is 0 Å². The fourth-order valence-electron chi connectivity index (χ4n) is 0.956. The molecule has 2 atom stereocenters. The molecule has 0 saturated heterocycles. The lowest BCUT2D eigenvalue weighted by Crippen LogP contribution is -2.15. The van der Waals surface area contributed by atoms with Crippen molar-refractivity contribution in [3.8, 4) is 5.75 Å². The molecule has 0 saturated carbocycles. The number of phenolic OH excluding ortho intramolecular Hbond substituents is 1. The van der Waals surface area contributed by atoms with E-state index in [1.807, 2.05) is 0 Å². The molecule has 1 aromatic carbocycles. The summed E-state index contributed by atoms with van der Waals surface area (Å²) >= 11 is 0. The third-order valence-corrected chi connectivity index (χ3v) is 2.23. The second-order valence-electron chi connectivity index (χ2n) is 3.67. The van der Waals surface area contributed by atoms with Crippen molar-refractivity contribution in [2.24, 2.45) is 10.2 Å². The molecule has 0 spiro atoms. The second-order valence-corrected chi connectivity index (χ2v) is 3.67. The molecule has 0 amide bonds. The van der Waals surface area contributed by atoms with Crippen LogP contribution in [0.3, 0.4) is 0 Å². The van der Waals surface area contributed by atoms with Crippen LogP contribution in [0.15, 0.2) is 28.4 Å². The summed E-state index contributed by atoms with van der Waals surface area (Å²) in [7, 11) is 0. The van der Waals surface area contributed by atoms with Gasteiger partial charge in [0.25, 0.3) is 0 Å². The molecular weight excluding hydrogens is 192 g/mol. The van der Waals surface area contributed by atoms with Crippen LogP contribution in [0.5, 0.6) is 5.75 Å². The van der Waals surface area contributed by atoms with Crippen molar-refractivity contribution in [1.82, 2.24) is 0 Å². The lowest BCUT2D eigenvalue weighted by atomic mass is 10.2. The molecule has 82 valence electrons. The third kappa shape index (κ3) is 3.32. The number of aliphatic hydroxyl groups excluding tert-OH is 1. The zero-order chi connectivity index (χ0) is 11.4. The maximum absolute atomic E-state index is 9.30. The average molecular weight is 208 g/mol. The molecule has 0 aliphatic carbocycles. The average Bonchev–Trinajstić information content (AvgIpc) is 2.19. The maximum atomic E-state index is 9.30. The van der Waals surface area contributed by atoms with Crippen LogP contribution in [-0.2, 0) is 0 Å². The first-order valence-electron chi connectivity index (χ1n) is 4.89. The molecule has 1 rings (SSSR count). The molecule has 0 aliphatic rings. The number of aromatic hydroxyl groups is 1. The zero-order valence-corrected chi connectivity index (χ0v) is 9.18. The predicted octanol–water partition coefficient (Wildman–Crippen LogP) is 2.55. The number of azo groups is 1. The van der Waals surface area contributed by atoms with Gasteiger partial charge in [-0.25, -0.2) is 0 Å². The molecule has 0 fully saturated rings. The van der Waals surface area contributed by atoms with Gasteiger partial charge in [-0.15, -0.1) is 0 Å². The van der Waals surface area contributed by atoms with Crippen LogP contribution in [0.4, 0.5) is 5.69 Å². The molecule has 4 heteroatoms. The molecule has 1 unspecified atom stereocenters. The van der Waals surface area contributed by atoms with Crippen molar-refractivity contribution >= 4 is 5.69 Å². The van der Waals surface area contributed by atoms with Crippen LogP contribution in [0.25, 0.3) is 0 Å². The van der Waals surface area contributed by atoms with Crippen molar-refractivity contribution in [3.05, 3.63) is 23.8 Å². The Morgan fingerprint density at radius 1 is 1.27 bits per heavy atom. The summed E-state index contributed by atoms with van der Waals surface area (Å²) in [4.78, 5) is 0. The number of aliphatic hydroxyl groups is 1. The lowest BCUT2D eigenvalue weighted by molar-refractivity contribution is 0.168. The van der Waals surface area contributed by atoms with E-state index in [0.717, 1.165) is 5.56 Å². The summed E-state index contributed by atoms with van der Waals surface area (Å²) in [6.07, 6.45) is -0.507. The summed E-state index contributed by atoms with van der Waals surface area (Å²) < 4.78 is 0. The number of hydrogen-bond donors (Lipinski definition) is 2. The van der Waals surface area contributed by atoms with E-state index in [9.17, 15) is 10.2 Å². The van der Waals surface area contributed by atoms with Crippen molar-refractivity contribution in [2.45, 2.75) is 32.9 Å². The first kappa shape index (κ1) is 11.7. The van der Waals surface area contributed by atoms with Crippen LogP contribution < -0.4 is 0 Å². The Hall–Kier alpha value is -1.42. The highest BCUT2D eigenvalue weighted by Gasteiger charge is 2.06. The van der Waals surface area contributed by atoms with E-state index >= 15 is 0 Å². The first-order chi connectivity index (χ1) is 7.00. The molecule has 0 heterocycles. The van der Waals surface area contributed by atoms with E-state index in [4.69, 9.17) is 0 Å². The van der Waals surface area contributed by atoms with Gasteiger partial charge in [0.05, 0.1) is 17.8 Å². The second kappa shape index (κ2) is 4.89. The van der Waals surface area contributed by atoms with Gasteiger partial charge in [0.1, 0.15) is 5.75 Å². The summed E-state index contributed by atoms with van der Waals surface area (Å²) in [6, 6.07) is 4.78.